The summed E-state index contributed by atoms with van der Waals surface area (Å²) in [5.74, 6) is 0.945. The second-order valence-corrected chi connectivity index (χ2v) is 4.75. The minimum atomic E-state index is 0.945. The van der Waals surface area contributed by atoms with Crippen molar-refractivity contribution in [2.75, 3.05) is 20.1 Å². The van der Waals surface area contributed by atoms with Crippen LogP contribution in [-0.2, 0) is 0 Å². The van der Waals surface area contributed by atoms with E-state index in [0.717, 1.165) is 5.92 Å². The Morgan fingerprint density at radius 3 is 2.38 bits per heavy atom. The van der Waals surface area contributed by atoms with Crippen LogP contribution in [0.4, 0.5) is 0 Å². The van der Waals surface area contributed by atoms with Crippen molar-refractivity contribution < 1.29 is 0 Å². The van der Waals surface area contributed by atoms with Crippen molar-refractivity contribution in [3.63, 3.8) is 0 Å². The maximum atomic E-state index is 2.50. The SMILES string of the molecule is CC1CCCCCCCN(C)CC1. The van der Waals surface area contributed by atoms with Gasteiger partial charge in [-0.15, -0.1) is 0 Å². The first-order valence-corrected chi connectivity index (χ1v) is 5.97. The quantitative estimate of drug-likeness (QED) is 0.557. The van der Waals surface area contributed by atoms with E-state index in [0.29, 0.717) is 0 Å². The molecule has 1 atom stereocenters. The third kappa shape index (κ3) is 5.30. The van der Waals surface area contributed by atoms with Gasteiger partial charge in [0.15, 0.2) is 0 Å². The molecule has 0 radical (unpaired) electrons. The van der Waals surface area contributed by atoms with Gasteiger partial charge in [-0.3, -0.25) is 0 Å². The molecule has 1 aliphatic heterocycles. The van der Waals surface area contributed by atoms with Crippen molar-refractivity contribution in [1.29, 1.82) is 0 Å². The van der Waals surface area contributed by atoms with Gasteiger partial charge >= 0.3 is 0 Å². The van der Waals surface area contributed by atoms with Crippen LogP contribution in [0.2, 0.25) is 0 Å². The van der Waals surface area contributed by atoms with E-state index in [1.165, 1.54) is 58.0 Å². The highest BCUT2D eigenvalue weighted by atomic mass is 15.1. The number of hydrogen-bond acceptors (Lipinski definition) is 1. The first-order chi connectivity index (χ1) is 6.29. The molecule has 1 heterocycles. The molecule has 1 unspecified atom stereocenters. The van der Waals surface area contributed by atoms with Gasteiger partial charge in [-0.1, -0.05) is 39.0 Å². The van der Waals surface area contributed by atoms with Gasteiger partial charge in [0.2, 0.25) is 0 Å². The lowest BCUT2D eigenvalue weighted by atomic mass is 9.99. The Labute approximate surface area is 83.5 Å². The zero-order valence-corrected chi connectivity index (χ0v) is 9.39. The average molecular weight is 183 g/mol. The second kappa shape index (κ2) is 6.42. The Hall–Kier alpha value is -0.0400. The Morgan fingerprint density at radius 2 is 1.54 bits per heavy atom. The highest BCUT2D eigenvalue weighted by molar-refractivity contribution is 4.60. The minimum Gasteiger partial charge on any atom is -0.306 e. The first kappa shape index (κ1) is 11.0. The molecule has 0 aliphatic carbocycles. The van der Waals surface area contributed by atoms with Gasteiger partial charge in [-0.25, -0.2) is 0 Å². The van der Waals surface area contributed by atoms with Gasteiger partial charge in [0.25, 0.3) is 0 Å². The zero-order valence-electron chi connectivity index (χ0n) is 9.39. The van der Waals surface area contributed by atoms with E-state index >= 15 is 0 Å². The fraction of sp³-hybridized carbons (Fsp3) is 1.00. The average Bonchev–Trinajstić information content (AvgIpc) is 2.15. The van der Waals surface area contributed by atoms with Crippen molar-refractivity contribution in [3.8, 4) is 0 Å². The fourth-order valence-electron chi connectivity index (χ4n) is 2.10. The second-order valence-electron chi connectivity index (χ2n) is 4.75. The maximum Gasteiger partial charge on any atom is -0.00192 e. The first-order valence-electron chi connectivity index (χ1n) is 5.97. The molecule has 0 spiro atoms. The molecule has 0 aromatic heterocycles. The van der Waals surface area contributed by atoms with E-state index in [1.54, 1.807) is 0 Å². The predicted molar refractivity (Wildman–Crippen MR) is 59.0 cm³/mol. The normalized spacial score (nSPS) is 29.5. The molecule has 0 amide bonds. The van der Waals surface area contributed by atoms with E-state index < -0.39 is 0 Å². The summed E-state index contributed by atoms with van der Waals surface area (Å²) < 4.78 is 0. The summed E-state index contributed by atoms with van der Waals surface area (Å²) in [7, 11) is 2.27. The van der Waals surface area contributed by atoms with Crippen LogP contribution >= 0.6 is 0 Å². The van der Waals surface area contributed by atoms with Crippen LogP contribution in [0.1, 0.15) is 51.9 Å². The molecule has 1 heteroatoms. The van der Waals surface area contributed by atoms with E-state index in [-0.39, 0.29) is 0 Å². The molecule has 0 aromatic rings. The van der Waals surface area contributed by atoms with Gasteiger partial charge in [0.1, 0.15) is 0 Å². The molecule has 0 saturated carbocycles. The third-order valence-corrected chi connectivity index (χ3v) is 3.24. The van der Waals surface area contributed by atoms with E-state index in [2.05, 4.69) is 18.9 Å². The van der Waals surface area contributed by atoms with Crippen molar-refractivity contribution in [1.82, 2.24) is 4.90 Å². The third-order valence-electron chi connectivity index (χ3n) is 3.24. The van der Waals surface area contributed by atoms with Gasteiger partial charge in [-0.05, 0) is 38.9 Å². The number of hydrogen-bond donors (Lipinski definition) is 0. The summed E-state index contributed by atoms with van der Waals surface area (Å²) >= 11 is 0. The van der Waals surface area contributed by atoms with Crippen LogP contribution in [0, 0.1) is 5.92 Å². The van der Waals surface area contributed by atoms with Crippen LogP contribution in [0.15, 0.2) is 0 Å². The smallest absolute Gasteiger partial charge is 0.00192 e. The minimum absolute atomic E-state index is 0.945. The lowest BCUT2D eigenvalue weighted by Gasteiger charge is -2.18. The van der Waals surface area contributed by atoms with Crippen molar-refractivity contribution in [3.05, 3.63) is 0 Å². The Morgan fingerprint density at radius 1 is 0.846 bits per heavy atom. The molecule has 13 heavy (non-hydrogen) atoms. The fourth-order valence-corrected chi connectivity index (χ4v) is 2.10. The van der Waals surface area contributed by atoms with E-state index in [4.69, 9.17) is 0 Å². The lowest BCUT2D eigenvalue weighted by molar-refractivity contribution is 0.298. The molecular weight excluding hydrogens is 158 g/mol. The topological polar surface area (TPSA) is 3.24 Å². The van der Waals surface area contributed by atoms with Gasteiger partial charge in [-0.2, -0.15) is 0 Å². The maximum absolute atomic E-state index is 2.50. The number of nitrogens with zero attached hydrogens (tertiary/aromatic N) is 1. The summed E-state index contributed by atoms with van der Waals surface area (Å²) in [6.07, 6.45) is 10.1. The highest BCUT2D eigenvalue weighted by Gasteiger charge is 2.06. The molecule has 1 saturated heterocycles. The summed E-state index contributed by atoms with van der Waals surface area (Å²) in [6.45, 7) is 5.03. The highest BCUT2D eigenvalue weighted by Crippen LogP contribution is 2.16. The molecule has 0 aromatic carbocycles. The van der Waals surface area contributed by atoms with Crippen LogP contribution < -0.4 is 0 Å². The summed E-state index contributed by atoms with van der Waals surface area (Å²) in [6, 6.07) is 0. The molecule has 1 nitrogen and oxygen atoms in total. The summed E-state index contributed by atoms with van der Waals surface area (Å²) in [4.78, 5) is 2.50. The Kier molecular flexibility index (Phi) is 5.45. The molecule has 1 rings (SSSR count). The molecular formula is C12H25N. The van der Waals surface area contributed by atoms with Crippen molar-refractivity contribution >= 4 is 0 Å². The molecule has 0 bridgehead atoms. The zero-order chi connectivity index (χ0) is 9.52. The van der Waals surface area contributed by atoms with Crippen LogP contribution in [-0.4, -0.2) is 25.0 Å². The van der Waals surface area contributed by atoms with Crippen molar-refractivity contribution in [2.24, 2.45) is 5.92 Å². The van der Waals surface area contributed by atoms with Crippen LogP contribution in [0.3, 0.4) is 0 Å². The van der Waals surface area contributed by atoms with Gasteiger partial charge in [0, 0.05) is 0 Å². The molecule has 1 fully saturated rings. The van der Waals surface area contributed by atoms with Gasteiger partial charge in [0.05, 0.1) is 0 Å². The monoisotopic (exact) mass is 183 g/mol. The number of rotatable bonds is 0. The Balaban J connectivity index is 2.24. The Bertz CT molecular complexity index is 108. The van der Waals surface area contributed by atoms with Gasteiger partial charge < -0.3 is 4.90 Å². The summed E-state index contributed by atoms with van der Waals surface area (Å²) in [5, 5.41) is 0. The van der Waals surface area contributed by atoms with Crippen molar-refractivity contribution in [2.45, 2.75) is 51.9 Å². The lowest BCUT2D eigenvalue weighted by Crippen LogP contribution is -2.22. The van der Waals surface area contributed by atoms with E-state index in [1.807, 2.05) is 0 Å². The predicted octanol–water partition coefficient (Wildman–Crippen LogP) is 3.30. The molecule has 0 N–H and O–H groups in total. The molecule has 78 valence electrons. The van der Waals surface area contributed by atoms with E-state index in [9.17, 15) is 0 Å². The standard InChI is InChI=1S/C12H25N/c1-12-8-6-4-3-5-7-10-13(2)11-9-12/h12H,3-11H2,1-2H3. The van der Waals surface area contributed by atoms with Crippen LogP contribution in [0.25, 0.3) is 0 Å². The van der Waals surface area contributed by atoms with Crippen LogP contribution in [0.5, 0.6) is 0 Å². The molecule has 1 aliphatic rings. The summed E-state index contributed by atoms with van der Waals surface area (Å²) in [5.41, 5.74) is 0. The largest absolute Gasteiger partial charge is 0.306 e.